The van der Waals surface area contributed by atoms with Crippen LogP contribution in [0.3, 0.4) is 0 Å². The van der Waals surface area contributed by atoms with Gasteiger partial charge in [-0.3, -0.25) is 5.43 Å². The van der Waals surface area contributed by atoms with Gasteiger partial charge in [0.2, 0.25) is 0 Å². The zero-order valence-electron chi connectivity index (χ0n) is 15.4. The van der Waals surface area contributed by atoms with Gasteiger partial charge >= 0.3 is 5.97 Å². The number of hydrogen-bond donors (Lipinski definition) is 1. The van der Waals surface area contributed by atoms with Crippen LogP contribution >= 0.6 is 11.6 Å². The quantitative estimate of drug-likeness (QED) is 0.189. The number of rotatable bonds is 5. The molecule has 0 aliphatic rings. The lowest BCUT2D eigenvalue weighted by molar-refractivity contribution is 0.0735. The summed E-state index contributed by atoms with van der Waals surface area (Å²) < 4.78 is 5.68. The van der Waals surface area contributed by atoms with Gasteiger partial charge in [-0.25, -0.2) is 4.79 Å². The second-order valence-electron chi connectivity index (χ2n) is 6.33. The van der Waals surface area contributed by atoms with E-state index in [1.807, 2.05) is 60.7 Å². The molecule has 0 fully saturated rings. The molecule has 0 amide bonds. The molecule has 1 N–H and O–H groups in total. The van der Waals surface area contributed by atoms with Crippen molar-refractivity contribution in [1.82, 2.24) is 0 Å². The Hall–Kier alpha value is -3.63. The van der Waals surface area contributed by atoms with Crippen LogP contribution in [0.2, 0.25) is 5.02 Å². The molecular formula is C24H17ClN2O2. The van der Waals surface area contributed by atoms with Gasteiger partial charge in [-0.15, -0.1) is 0 Å². The van der Waals surface area contributed by atoms with E-state index >= 15 is 0 Å². The number of halogens is 1. The highest BCUT2D eigenvalue weighted by Crippen LogP contribution is 2.27. The number of hydrogen-bond acceptors (Lipinski definition) is 4. The lowest BCUT2D eigenvalue weighted by atomic mass is 10.0. The van der Waals surface area contributed by atoms with Gasteiger partial charge in [0.05, 0.1) is 17.5 Å². The van der Waals surface area contributed by atoms with E-state index in [0.29, 0.717) is 21.9 Å². The molecule has 5 heteroatoms. The predicted octanol–water partition coefficient (Wildman–Crippen LogP) is 6.16. The van der Waals surface area contributed by atoms with E-state index in [9.17, 15) is 4.79 Å². The van der Waals surface area contributed by atoms with Gasteiger partial charge in [0, 0.05) is 10.6 Å². The highest BCUT2D eigenvalue weighted by atomic mass is 35.5. The van der Waals surface area contributed by atoms with Gasteiger partial charge in [-0.2, -0.15) is 5.10 Å². The van der Waals surface area contributed by atoms with E-state index in [1.165, 1.54) is 0 Å². The molecule has 0 heterocycles. The molecule has 0 saturated heterocycles. The van der Waals surface area contributed by atoms with Gasteiger partial charge in [0.25, 0.3) is 0 Å². The number of ether oxygens (including phenoxy) is 1. The minimum Gasteiger partial charge on any atom is -0.422 e. The molecule has 4 rings (SSSR count). The lowest BCUT2D eigenvalue weighted by Crippen LogP contribution is -2.10. The largest absolute Gasteiger partial charge is 0.422 e. The van der Waals surface area contributed by atoms with Crippen LogP contribution in [-0.2, 0) is 0 Å². The van der Waals surface area contributed by atoms with Crippen molar-refractivity contribution in [2.75, 3.05) is 5.43 Å². The average molecular weight is 401 g/mol. The van der Waals surface area contributed by atoms with Gasteiger partial charge in [-0.1, -0.05) is 60.1 Å². The fourth-order valence-electron chi connectivity index (χ4n) is 2.93. The maximum Gasteiger partial charge on any atom is 0.343 e. The summed E-state index contributed by atoms with van der Waals surface area (Å²) >= 11 is 5.90. The number of anilines is 1. The first kappa shape index (κ1) is 18.7. The minimum absolute atomic E-state index is 0.424. The number of fused-ring (bicyclic) bond motifs is 1. The molecule has 0 spiro atoms. The average Bonchev–Trinajstić information content (AvgIpc) is 2.76. The predicted molar refractivity (Wildman–Crippen MR) is 118 cm³/mol. The van der Waals surface area contributed by atoms with Gasteiger partial charge in [0.15, 0.2) is 0 Å². The number of nitrogens with one attached hydrogen (secondary N) is 1. The molecule has 0 bridgehead atoms. The summed E-state index contributed by atoms with van der Waals surface area (Å²) in [5.74, 6) is -0.0233. The second-order valence-corrected chi connectivity index (χ2v) is 6.77. The molecule has 0 aliphatic heterocycles. The van der Waals surface area contributed by atoms with Crippen molar-refractivity contribution in [1.29, 1.82) is 0 Å². The second kappa shape index (κ2) is 8.59. The molecule has 0 aromatic heterocycles. The van der Waals surface area contributed by atoms with E-state index < -0.39 is 5.97 Å². The summed E-state index contributed by atoms with van der Waals surface area (Å²) in [4.78, 5) is 12.6. The van der Waals surface area contributed by atoms with Crippen molar-refractivity contribution >= 4 is 40.2 Å². The maximum atomic E-state index is 12.6. The lowest BCUT2D eigenvalue weighted by Gasteiger charge is -2.11. The summed E-state index contributed by atoms with van der Waals surface area (Å²) in [7, 11) is 0. The van der Waals surface area contributed by atoms with E-state index in [1.54, 1.807) is 36.5 Å². The zero-order valence-corrected chi connectivity index (χ0v) is 16.1. The molecule has 4 aromatic rings. The highest BCUT2D eigenvalue weighted by molar-refractivity contribution is 6.30. The van der Waals surface area contributed by atoms with Crippen LogP contribution < -0.4 is 10.2 Å². The molecule has 0 atom stereocenters. The van der Waals surface area contributed by atoms with Crippen molar-refractivity contribution in [2.45, 2.75) is 0 Å². The van der Waals surface area contributed by atoms with Crippen LogP contribution in [0.1, 0.15) is 15.9 Å². The standard InChI is InChI=1S/C24H17ClN2O2/c25-19-13-10-18(11-14-19)24(28)29-23-15-12-17-6-4-5-9-21(17)22(23)16-26-27-20-7-2-1-3-8-20/h1-16,27H/b26-16+. The van der Waals surface area contributed by atoms with E-state index in [4.69, 9.17) is 16.3 Å². The van der Waals surface area contributed by atoms with Gasteiger partial charge in [0.1, 0.15) is 5.75 Å². The fourth-order valence-corrected chi connectivity index (χ4v) is 3.05. The van der Waals surface area contributed by atoms with Crippen molar-refractivity contribution in [3.05, 3.63) is 107 Å². The molecule has 29 heavy (non-hydrogen) atoms. The first-order valence-corrected chi connectivity index (χ1v) is 9.42. The molecule has 0 unspecified atom stereocenters. The molecule has 4 nitrogen and oxygen atoms in total. The van der Waals surface area contributed by atoms with Crippen LogP contribution in [0, 0.1) is 0 Å². The third-order valence-electron chi connectivity index (χ3n) is 4.37. The minimum atomic E-state index is -0.456. The van der Waals surface area contributed by atoms with Crippen molar-refractivity contribution in [3.63, 3.8) is 0 Å². The summed E-state index contributed by atoms with van der Waals surface area (Å²) in [5, 5.41) is 6.86. The Kier molecular flexibility index (Phi) is 5.54. The van der Waals surface area contributed by atoms with E-state index in [0.717, 1.165) is 16.5 Å². The normalized spacial score (nSPS) is 10.9. The van der Waals surface area contributed by atoms with Gasteiger partial charge < -0.3 is 4.74 Å². The Bertz CT molecular complexity index is 1170. The van der Waals surface area contributed by atoms with Crippen LogP contribution in [0.25, 0.3) is 10.8 Å². The highest BCUT2D eigenvalue weighted by Gasteiger charge is 2.13. The smallest absolute Gasteiger partial charge is 0.343 e. The number of nitrogens with zero attached hydrogens (tertiary/aromatic N) is 1. The number of carbonyl (C=O) groups is 1. The molecule has 0 radical (unpaired) electrons. The molecule has 4 aromatic carbocycles. The molecule has 142 valence electrons. The number of para-hydroxylation sites is 1. The van der Waals surface area contributed by atoms with Crippen molar-refractivity contribution in [3.8, 4) is 5.75 Å². The third kappa shape index (κ3) is 4.45. The summed E-state index contributed by atoms with van der Waals surface area (Å²) in [6.45, 7) is 0. The Balaban J connectivity index is 1.66. The molecule has 0 aliphatic carbocycles. The fraction of sp³-hybridized carbons (Fsp3) is 0. The van der Waals surface area contributed by atoms with Gasteiger partial charge in [-0.05, 0) is 53.2 Å². The summed E-state index contributed by atoms with van der Waals surface area (Å²) in [6.07, 6.45) is 1.67. The third-order valence-corrected chi connectivity index (χ3v) is 4.63. The van der Waals surface area contributed by atoms with Crippen LogP contribution in [0.4, 0.5) is 5.69 Å². The van der Waals surface area contributed by atoms with Crippen molar-refractivity contribution in [2.24, 2.45) is 5.10 Å². The van der Waals surface area contributed by atoms with E-state index in [-0.39, 0.29) is 0 Å². The Morgan fingerprint density at radius 1 is 0.862 bits per heavy atom. The van der Waals surface area contributed by atoms with Crippen LogP contribution in [0.15, 0.2) is 96.1 Å². The number of carbonyl (C=O) groups excluding carboxylic acids is 1. The number of benzene rings is 4. The Labute approximate surface area is 173 Å². The first-order chi connectivity index (χ1) is 14.2. The first-order valence-electron chi connectivity index (χ1n) is 9.04. The van der Waals surface area contributed by atoms with Crippen LogP contribution in [0.5, 0.6) is 5.75 Å². The maximum absolute atomic E-state index is 12.6. The van der Waals surface area contributed by atoms with E-state index in [2.05, 4.69) is 10.5 Å². The molecule has 0 saturated carbocycles. The van der Waals surface area contributed by atoms with Crippen LogP contribution in [-0.4, -0.2) is 12.2 Å². The summed E-state index contributed by atoms with van der Waals surface area (Å²) in [6, 6.07) is 27.8. The number of esters is 1. The monoisotopic (exact) mass is 400 g/mol. The summed E-state index contributed by atoms with van der Waals surface area (Å²) in [5.41, 5.74) is 5.00. The molecular weight excluding hydrogens is 384 g/mol. The number of hydrazone groups is 1. The topological polar surface area (TPSA) is 50.7 Å². The Morgan fingerprint density at radius 3 is 2.38 bits per heavy atom. The Morgan fingerprint density at radius 2 is 1.59 bits per heavy atom. The van der Waals surface area contributed by atoms with Crippen molar-refractivity contribution < 1.29 is 9.53 Å². The zero-order chi connectivity index (χ0) is 20.1. The SMILES string of the molecule is O=C(Oc1ccc2ccccc2c1/C=N/Nc1ccccc1)c1ccc(Cl)cc1.